The maximum Gasteiger partial charge on any atom is 0.303 e. The van der Waals surface area contributed by atoms with E-state index in [0.29, 0.717) is 16.7 Å². The predicted molar refractivity (Wildman–Crippen MR) is 419 cm³/mol. The van der Waals surface area contributed by atoms with Crippen molar-refractivity contribution in [2.75, 3.05) is 19.8 Å². The molecule has 0 saturated carbocycles. The first-order valence-electron chi connectivity index (χ1n) is 38.3. The molecule has 10 aromatic rings. The number of carbonyl (C=O) groups is 7. The van der Waals surface area contributed by atoms with Crippen molar-refractivity contribution in [3.63, 3.8) is 0 Å². The van der Waals surface area contributed by atoms with Gasteiger partial charge in [0.15, 0.2) is 18.7 Å². The molecule has 3 fully saturated rings. The number of carbonyl (C=O) groups excluding carboxylic acids is 7. The van der Waals surface area contributed by atoms with Crippen LogP contribution in [0.15, 0.2) is 290 Å². The van der Waals surface area contributed by atoms with Crippen LogP contribution in [0.25, 0.3) is 0 Å². The highest BCUT2D eigenvalue weighted by molar-refractivity contribution is 7.99. The minimum atomic E-state index is -1.86. The molecule has 0 aromatic heterocycles. The molecule has 0 bridgehead atoms. The average Bonchev–Trinajstić information content (AvgIpc) is 1.66. The lowest BCUT2D eigenvalue weighted by Gasteiger charge is -2.54. The number of hydrogen-bond donors (Lipinski definition) is 0. The fourth-order valence-corrected chi connectivity index (χ4v) is 16.9. The van der Waals surface area contributed by atoms with Gasteiger partial charge in [0.1, 0.15) is 72.4 Å². The van der Waals surface area contributed by atoms with Crippen molar-refractivity contribution in [1.82, 2.24) is 14.7 Å². The second-order valence-electron chi connectivity index (χ2n) is 28.7. The molecule has 10 aromatic carbocycles. The van der Waals surface area contributed by atoms with Crippen LogP contribution < -0.4 is 0 Å². The van der Waals surface area contributed by atoms with Crippen molar-refractivity contribution in [1.29, 1.82) is 0 Å². The van der Waals surface area contributed by atoms with E-state index in [1.54, 1.807) is 60.7 Å². The van der Waals surface area contributed by atoms with E-state index in [9.17, 15) is 4.79 Å². The van der Waals surface area contributed by atoms with Gasteiger partial charge < -0.3 is 56.8 Å². The van der Waals surface area contributed by atoms with Gasteiger partial charge >= 0.3 is 5.97 Å². The van der Waals surface area contributed by atoms with E-state index in [1.807, 2.05) is 212 Å². The maximum absolute atomic E-state index is 16.1. The summed E-state index contributed by atoms with van der Waals surface area (Å²) in [7, 11) is 0. The molecule has 0 aliphatic carbocycles. The Morgan fingerprint density at radius 1 is 0.304 bits per heavy atom. The number of imide groups is 3. The van der Waals surface area contributed by atoms with Crippen LogP contribution in [0.3, 0.4) is 0 Å². The summed E-state index contributed by atoms with van der Waals surface area (Å²) < 4.78 is 86.4. The molecule has 0 N–H and O–H groups in total. The van der Waals surface area contributed by atoms with Gasteiger partial charge in [-0.2, -0.15) is 0 Å². The molecule has 15 atom stereocenters. The minimum absolute atomic E-state index is 0.0106. The van der Waals surface area contributed by atoms with Crippen LogP contribution in [0, 0.1) is 0 Å². The van der Waals surface area contributed by atoms with E-state index in [0.717, 1.165) is 31.4 Å². The van der Waals surface area contributed by atoms with E-state index in [-0.39, 0.29) is 92.8 Å². The van der Waals surface area contributed by atoms with Gasteiger partial charge in [0.2, 0.25) is 0 Å². The van der Waals surface area contributed by atoms with Crippen LogP contribution in [0.4, 0.5) is 0 Å². The monoisotopic (exact) mass is 1570 g/mol. The molecule has 6 amide bonds. The van der Waals surface area contributed by atoms with Crippen LogP contribution in [-0.4, -0.2) is 167 Å². The molecule has 6 heterocycles. The molecular weight excluding hydrogens is 1480 g/mol. The van der Waals surface area contributed by atoms with Crippen LogP contribution in [0.5, 0.6) is 0 Å². The number of nitrogens with zero attached hydrogens (tertiary/aromatic N) is 3. The first-order chi connectivity index (χ1) is 56.4. The molecule has 23 heteroatoms. The third-order valence-electron chi connectivity index (χ3n) is 21.1. The lowest BCUT2D eigenvalue weighted by molar-refractivity contribution is -0.362. The topological polar surface area (TPSA) is 240 Å². The largest absolute Gasteiger partial charge is 0.457 e. The number of hydrogen-bond acceptors (Lipinski definition) is 20. The summed E-state index contributed by atoms with van der Waals surface area (Å²) in [6.45, 7) is -0.0527. The van der Waals surface area contributed by atoms with Crippen molar-refractivity contribution < 1.29 is 90.4 Å². The number of rotatable bonds is 31. The summed E-state index contributed by atoms with van der Waals surface area (Å²) in [5.74, 6) is -5.05. The van der Waals surface area contributed by atoms with Gasteiger partial charge in [-0.1, -0.05) is 248 Å². The summed E-state index contributed by atoms with van der Waals surface area (Å²) in [4.78, 5) is 112. The zero-order chi connectivity index (χ0) is 78.7. The zero-order valence-electron chi connectivity index (χ0n) is 62.7. The standard InChI is InChI=1S/C92H83N3O19S/c1-58(96)109-78-72(55-103-49-59-29-9-2-10-30-59)110-90(75(81(78)106-52-62-35-15-5-16-36-62)93-84(97)66-43-23-24-44-67(66)85(93)98)113-79-73(56-104-50-60-31-11-3-12-32-60)111-91(76(82(79)107-53-63-37-17-6-18-38-63)94-86(99)68-45-25-26-46-69(68)87(94)100)114-80-74(57-105-51-61-33-13-4-14-34-61)112-92(115-65-41-21-8-22-42-65)77(83(80)108-54-64-39-19-7-20-40-64)95-88(101)70-47-27-28-48-71(70)89(95)102/h2-48,72-83,90-92H,49-57H2,1H3/t72-,73-,74-,75-,76-,77-,78-,79-,80-,81-,82-,83-,90+,91+,92+/m1/s1. The van der Waals surface area contributed by atoms with E-state index in [2.05, 4.69) is 0 Å². The molecule has 6 aliphatic heterocycles. The molecular formula is C92H83N3O19S. The molecule has 0 unspecified atom stereocenters. The SMILES string of the molecule is CC(=O)O[C@H]1[C@H](OCc2ccccc2)[C@@H](N2C(=O)c3ccccc3C2=O)[C@H](O[C@H]2[C@H](OCc3ccccc3)[C@@H](N3C(=O)c4ccccc4C3=O)[C@H](O[C@H]3[C@H](OCc4ccccc4)[C@@H](N4C(=O)c5ccccc5C4=O)[C@H](Sc4ccccc4)O[C@@H]3COCc3ccccc3)O[C@@H]2COCc2ccccc2)O[C@@H]1COCc1ccccc1. The summed E-state index contributed by atoms with van der Waals surface area (Å²) >= 11 is 1.27. The molecule has 16 rings (SSSR count). The number of ether oxygens (including phenoxy) is 12. The molecule has 22 nitrogen and oxygen atoms in total. The van der Waals surface area contributed by atoms with Crippen LogP contribution in [0.1, 0.15) is 102 Å². The number of amides is 6. The predicted octanol–water partition coefficient (Wildman–Crippen LogP) is 13.1. The molecule has 586 valence electrons. The maximum atomic E-state index is 16.1. The summed E-state index contributed by atoms with van der Waals surface area (Å²) in [6.07, 6.45) is -16.8. The number of benzene rings is 10. The molecule has 0 radical (unpaired) electrons. The van der Waals surface area contributed by atoms with Gasteiger partial charge in [-0.15, -0.1) is 0 Å². The molecule has 6 aliphatic rings. The van der Waals surface area contributed by atoms with E-state index in [4.69, 9.17) is 56.8 Å². The van der Waals surface area contributed by atoms with Crippen molar-refractivity contribution in [2.45, 2.75) is 143 Å². The Balaban J connectivity index is 0.884. The Morgan fingerprint density at radius 3 is 0.870 bits per heavy atom. The van der Waals surface area contributed by atoms with Crippen molar-refractivity contribution in [3.8, 4) is 0 Å². The zero-order valence-corrected chi connectivity index (χ0v) is 63.5. The number of fused-ring (bicyclic) bond motifs is 3. The van der Waals surface area contributed by atoms with Gasteiger partial charge in [-0.3, -0.25) is 48.3 Å². The van der Waals surface area contributed by atoms with Crippen LogP contribution in [-0.2, 0) is 101 Å². The Bertz CT molecular complexity index is 4940. The van der Waals surface area contributed by atoms with Gasteiger partial charge in [0.05, 0.1) is 92.8 Å². The fraction of sp³-hybridized carbons (Fsp3) is 0.272. The highest BCUT2D eigenvalue weighted by Crippen LogP contribution is 2.46. The molecule has 3 saturated heterocycles. The highest BCUT2D eigenvalue weighted by Gasteiger charge is 2.63. The number of thioether (sulfide) groups is 1. The van der Waals surface area contributed by atoms with E-state index in [1.165, 1.54) is 35.7 Å². The quantitative estimate of drug-likeness (QED) is 0.0290. The van der Waals surface area contributed by atoms with Gasteiger partial charge in [-0.05, 0) is 81.9 Å². The van der Waals surface area contributed by atoms with Gasteiger partial charge in [0, 0.05) is 11.8 Å². The minimum Gasteiger partial charge on any atom is -0.457 e. The highest BCUT2D eigenvalue weighted by atomic mass is 32.2. The van der Waals surface area contributed by atoms with E-state index < -0.39 is 132 Å². The Hall–Kier alpha value is -11.0. The van der Waals surface area contributed by atoms with E-state index >= 15 is 28.8 Å². The smallest absolute Gasteiger partial charge is 0.303 e. The third kappa shape index (κ3) is 17.2. The number of esters is 1. The Labute approximate surface area is 668 Å². The summed E-state index contributed by atoms with van der Waals surface area (Å²) in [5, 5.41) is 0. The Morgan fingerprint density at radius 2 is 0.557 bits per heavy atom. The first-order valence-corrected chi connectivity index (χ1v) is 39.2. The van der Waals surface area contributed by atoms with Crippen molar-refractivity contribution >= 4 is 53.2 Å². The lowest BCUT2D eigenvalue weighted by Crippen LogP contribution is -2.72. The normalized spacial score (nSPS) is 25.1. The summed E-state index contributed by atoms with van der Waals surface area (Å²) in [5.41, 5.74) is 3.79. The molecule has 115 heavy (non-hydrogen) atoms. The summed E-state index contributed by atoms with van der Waals surface area (Å²) in [6, 6.07) is 79.9. The fourth-order valence-electron chi connectivity index (χ4n) is 15.7. The first kappa shape index (κ1) is 77.9. The Kier molecular flexibility index (Phi) is 24.5. The lowest BCUT2D eigenvalue weighted by atomic mass is 9.92. The molecule has 0 spiro atoms. The van der Waals surface area contributed by atoms with Gasteiger partial charge in [-0.25, -0.2) is 0 Å². The third-order valence-corrected chi connectivity index (χ3v) is 22.3. The van der Waals surface area contributed by atoms with Crippen LogP contribution >= 0.6 is 11.8 Å². The van der Waals surface area contributed by atoms with Crippen molar-refractivity contribution in [2.24, 2.45) is 0 Å². The van der Waals surface area contributed by atoms with Crippen molar-refractivity contribution in [3.05, 3.63) is 352 Å². The van der Waals surface area contributed by atoms with Gasteiger partial charge in [0.25, 0.3) is 35.4 Å². The second-order valence-corrected chi connectivity index (χ2v) is 29.8. The average molecular weight is 1570 g/mol. The van der Waals surface area contributed by atoms with Crippen LogP contribution in [0.2, 0.25) is 0 Å². The second kappa shape index (κ2) is 36.2.